The number of hydrogen-bond acceptors (Lipinski definition) is 11. The van der Waals surface area contributed by atoms with Crippen molar-refractivity contribution in [3.8, 4) is 0 Å². The molecule has 362 valence electrons. The summed E-state index contributed by atoms with van der Waals surface area (Å²) in [6, 6.07) is 0. The van der Waals surface area contributed by atoms with Crippen molar-refractivity contribution >= 4 is 27.6 Å². The normalized spacial score (nSPS) is 15.0. The molecule has 0 bridgehead atoms. The van der Waals surface area contributed by atoms with Gasteiger partial charge in [-0.2, -0.15) is 0 Å². The van der Waals surface area contributed by atoms with Gasteiger partial charge in [0.1, 0.15) is 12.7 Å². The van der Waals surface area contributed by atoms with Crippen LogP contribution in [0, 0.1) is 5.92 Å². The van der Waals surface area contributed by atoms with Crippen molar-refractivity contribution in [2.75, 3.05) is 26.4 Å². The molecule has 16 heteroatoms. The zero-order valence-electron chi connectivity index (χ0n) is 38.2. The lowest BCUT2D eigenvalue weighted by Crippen LogP contribution is -2.29. The minimum atomic E-state index is -4.88. The summed E-state index contributed by atoms with van der Waals surface area (Å²) in [4.78, 5) is 52.8. The molecule has 62 heavy (non-hydrogen) atoms. The van der Waals surface area contributed by atoms with Gasteiger partial charge in [-0.1, -0.05) is 179 Å². The molecule has 0 aromatic carbocycles. The van der Waals surface area contributed by atoms with Crippen LogP contribution >= 0.6 is 15.6 Å². The van der Waals surface area contributed by atoms with Gasteiger partial charge in [-0.3, -0.25) is 23.2 Å². The molecular formula is C46H84O14P2. The Balaban J connectivity index is 4.60. The number of aliphatic hydroxyl groups is 2. The number of carbonyl (C=O) groups is 2. The number of allylic oxidation sites excluding steroid dienone is 7. The van der Waals surface area contributed by atoms with Crippen LogP contribution in [0.2, 0.25) is 0 Å². The predicted octanol–water partition coefficient (Wildman–Crippen LogP) is 11.1. The molecule has 0 radical (unpaired) electrons. The van der Waals surface area contributed by atoms with Crippen LogP contribution < -0.4 is 0 Å². The van der Waals surface area contributed by atoms with Crippen LogP contribution in [0.15, 0.2) is 48.6 Å². The molecule has 5 N–H and O–H groups in total. The second-order valence-corrected chi connectivity index (χ2v) is 19.1. The number of hydrogen-bond donors (Lipinski definition) is 5. The van der Waals surface area contributed by atoms with Gasteiger partial charge in [0.05, 0.1) is 25.9 Å². The van der Waals surface area contributed by atoms with E-state index in [-0.39, 0.29) is 12.8 Å². The van der Waals surface area contributed by atoms with Gasteiger partial charge in [0.15, 0.2) is 6.10 Å². The fourth-order valence-electron chi connectivity index (χ4n) is 6.17. The average Bonchev–Trinajstić information content (AvgIpc) is 3.21. The summed E-state index contributed by atoms with van der Waals surface area (Å²) in [5.74, 6) is -0.314. The average molecular weight is 923 g/mol. The van der Waals surface area contributed by atoms with Gasteiger partial charge in [0.25, 0.3) is 0 Å². The lowest BCUT2D eigenvalue weighted by molar-refractivity contribution is -0.161. The number of phosphoric acid groups is 2. The Morgan fingerprint density at radius 2 is 1.08 bits per heavy atom. The Labute approximate surface area is 373 Å². The quantitative estimate of drug-likeness (QED) is 0.0126. The molecule has 1 unspecified atom stereocenters. The molecule has 0 spiro atoms. The molecule has 0 aromatic rings. The van der Waals surface area contributed by atoms with E-state index >= 15 is 0 Å². The first-order valence-electron chi connectivity index (χ1n) is 23.3. The second-order valence-electron chi connectivity index (χ2n) is 16.4. The van der Waals surface area contributed by atoms with Crippen molar-refractivity contribution in [1.82, 2.24) is 0 Å². The van der Waals surface area contributed by atoms with E-state index in [1.165, 1.54) is 70.6 Å². The molecule has 0 saturated heterocycles. The molecule has 0 aliphatic rings. The molecule has 0 aliphatic heterocycles. The molecular weight excluding hydrogens is 838 g/mol. The molecule has 0 heterocycles. The monoisotopic (exact) mass is 923 g/mol. The van der Waals surface area contributed by atoms with Crippen molar-refractivity contribution in [1.29, 1.82) is 0 Å². The van der Waals surface area contributed by atoms with E-state index in [2.05, 4.69) is 29.8 Å². The Morgan fingerprint density at radius 3 is 1.68 bits per heavy atom. The highest BCUT2D eigenvalue weighted by atomic mass is 31.2. The third-order valence-corrected chi connectivity index (χ3v) is 11.2. The molecule has 0 fully saturated rings. The number of carbonyl (C=O) groups excluding carboxylic acids is 2. The lowest BCUT2D eigenvalue weighted by atomic mass is 10.0. The predicted molar refractivity (Wildman–Crippen MR) is 245 cm³/mol. The topological polar surface area (TPSA) is 216 Å². The Hall–Kier alpha value is -1.96. The molecule has 14 nitrogen and oxygen atoms in total. The highest BCUT2D eigenvalue weighted by molar-refractivity contribution is 7.47. The molecule has 0 saturated carbocycles. The van der Waals surface area contributed by atoms with E-state index in [9.17, 15) is 33.8 Å². The first-order valence-corrected chi connectivity index (χ1v) is 26.3. The first-order chi connectivity index (χ1) is 29.6. The van der Waals surface area contributed by atoms with Gasteiger partial charge in [0, 0.05) is 12.8 Å². The van der Waals surface area contributed by atoms with E-state index in [0.717, 1.165) is 63.7 Å². The van der Waals surface area contributed by atoms with E-state index in [1.807, 2.05) is 42.5 Å². The number of ether oxygens (including phenoxy) is 2. The van der Waals surface area contributed by atoms with Gasteiger partial charge in [-0.25, -0.2) is 9.13 Å². The number of unbranched alkanes of at least 4 members (excludes halogenated alkanes) is 16. The number of aliphatic hydroxyl groups excluding tert-OH is 2. The Morgan fingerprint density at radius 1 is 0.565 bits per heavy atom. The highest BCUT2D eigenvalue weighted by Crippen LogP contribution is 2.43. The number of esters is 2. The molecule has 0 aliphatic carbocycles. The van der Waals surface area contributed by atoms with Gasteiger partial charge < -0.3 is 34.4 Å². The van der Waals surface area contributed by atoms with Crippen molar-refractivity contribution in [2.45, 2.75) is 200 Å². The molecule has 0 amide bonds. The van der Waals surface area contributed by atoms with Gasteiger partial charge in [0.2, 0.25) is 0 Å². The molecule has 0 aromatic heterocycles. The second kappa shape index (κ2) is 40.5. The minimum Gasteiger partial charge on any atom is -0.462 e. The Kier molecular flexibility index (Phi) is 39.3. The summed E-state index contributed by atoms with van der Waals surface area (Å²) < 4.78 is 47.8. The summed E-state index contributed by atoms with van der Waals surface area (Å²) in [6.45, 7) is 3.90. The van der Waals surface area contributed by atoms with Crippen molar-refractivity contribution in [3.05, 3.63) is 48.6 Å². The van der Waals surface area contributed by atoms with Gasteiger partial charge in [-0.15, -0.1) is 0 Å². The van der Waals surface area contributed by atoms with Gasteiger partial charge >= 0.3 is 27.6 Å². The third-order valence-electron chi connectivity index (χ3n) is 9.74. The molecule has 0 rings (SSSR count). The smallest absolute Gasteiger partial charge is 0.462 e. The third kappa shape index (κ3) is 44.6. The summed E-state index contributed by atoms with van der Waals surface area (Å²) in [6.07, 6.45) is 37.2. The zero-order chi connectivity index (χ0) is 46.2. The maximum absolute atomic E-state index is 12.7. The van der Waals surface area contributed by atoms with E-state index in [0.29, 0.717) is 19.3 Å². The SMILES string of the molecule is CCCCC[C@H](O)/C=C/C=C\C/C=C\C/C=C\CCCC(=O)O[C@H](COC(=O)CCCCCCCCCCCCCCCCC(C)C)COP(=O)(O)OC[C@@H](O)COP(=O)(O)O. The molecule has 4 atom stereocenters. The summed E-state index contributed by atoms with van der Waals surface area (Å²) in [7, 11) is -9.71. The van der Waals surface area contributed by atoms with Crippen LogP contribution in [-0.2, 0) is 41.8 Å². The van der Waals surface area contributed by atoms with Crippen LogP contribution in [0.3, 0.4) is 0 Å². The van der Waals surface area contributed by atoms with Crippen molar-refractivity contribution < 1.29 is 66.7 Å². The lowest BCUT2D eigenvalue weighted by Gasteiger charge is -2.20. The fourth-order valence-corrected chi connectivity index (χ4v) is 7.32. The largest absolute Gasteiger partial charge is 0.472 e. The fraction of sp³-hybridized carbons (Fsp3) is 0.783. The van der Waals surface area contributed by atoms with Crippen LogP contribution in [0.1, 0.15) is 181 Å². The van der Waals surface area contributed by atoms with Crippen molar-refractivity contribution in [3.63, 3.8) is 0 Å². The summed E-state index contributed by atoms with van der Waals surface area (Å²) in [5, 5.41) is 19.7. The summed E-state index contributed by atoms with van der Waals surface area (Å²) in [5.41, 5.74) is 0. The zero-order valence-corrected chi connectivity index (χ0v) is 40.0. The van der Waals surface area contributed by atoms with Crippen LogP contribution in [0.4, 0.5) is 0 Å². The minimum absolute atomic E-state index is 0.0357. The van der Waals surface area contributed by atoms with E-state index in [4.69, 9.17) is 23.8 Å². The van der Waals surface area contributed by atoms with E-state index < -0.39 is 72.3 Å². The van der Waals surface area contributed by atoms with E-state index in [1.54, 1.807) is 6.08 Å². The van der Waals surface area contributed by atoms with Crippen molar-refractivity contribution in [2.24, 2.45) is 5.92 Å². The maximum atomic E-state index is 12.7. The number of rotatable bonds is 43. The highest BCUT2D eigenvalue weighted by Gasteiger charge is 2.28. The van der Waals surface area contributed by atoms with Crippen LogP contribution in [0.5, 0.6) is 0 Å². The van der Waals surface area contributed by atoms with Gasteiger partial charge in [-0.05, 0) is 44.4 Å². The van der Waals surface area contributed by atoms with Crippen LogP contribution in [0.25, 0.3) is 0 Å². The summed E-state index contributed by atoms with van der Waals surface area (Å²) >= 11 is 0. The maximum Gasteiger partial charge on any atom is 0.472 e. The first kappa shape index (κ1) is 60.0. The number of phosphoric ester groups is 2. The standard InChI is InChI=1S/C46H84O14P2/c1-4-5-27-33-42(47)34-29-24-20-16-12-10-14-18-22-26-31-36-46(50)60-44(40-59-62(54,55)58-38-43(48)37-57-61(51,52)53)39-56-45(49)35-30-25-21-17-13-9-7-6-8-11-15-19-23-28-32-41(2)3/h10,12,18,20,22,24,29,34,41-44,47-48H,4-9,11,13-17,19,21,23,25-28,30-33,35-40H2,1-3H3,(H,54,55)(H2,51,52,53)/b12-10-,22-18-,24-20-,34-29+/t42-,43-,44+/m0/s1. The van der Waals surface area contributed by atoms with Crippen LogP contribution in [-0.4, -0.2) is 81.6 Å². The Bertz CT molecular complexity index is 1310.